The van der Waals surface area contributed by atoms with Gasteiger partial charge in [0, 0.05) is 30.4 Å². The summed E-state index contributed by atoms with van der Waals surface area (Å²) in [4.78, 5) is 31.0. The van der Waals surface area contributed by atoms with Crippen LogP contribution in [0.5, 0.6) is 0 Å². The van der Waals surface area contributed by atoms with Crippen molar-refractivity contribution >= 4 is 23.3 Å². The predicted octanol–water partition coefficient (Wildman–Crippen LogP) is 3.00. The standard InChI is InChI=1S/C28H29N5O4/c1-17-11-25(32-27-10-3-19(13-29)14-30-27)24-12-22(8-9-26(24)33(17)18(2)36)20-4-6-21(7-5-20)28(37)31-23(15-34)16-35/h3-10,12,14,17,23,25,34-35H,11,15-16H2,1-2H3,(H,30,32)(H,31,37)/t17-,25+/m0/s1. The van der Waals surface area contributed by atoms with Crippen LogP contribution in [0.4, 0.5) is 11.5 Å². The number of rotatable bonds is 7. The lowest BCUT2D eigenvalue weighted by Gasteiger charge is -2.39. The van der Waals surface area contributed by atoms with Gasteiger partial charge in [-0.2, -0.15) is 5.26 Å². The van der Waals surface area contributed by atoms with E-state index in [2.05, 4.69) is 21.7 Å². The number of fused-ring (bicyclic) bond motifs is 1. The van der Waals surface area contributed by atoms with E-state index in [-0.39, 0.29) is 37.1 Å². The zero-order valence-corrected chi connectivity index (χ0v) is 20.7. The second kappa shape index (κ2) is 11.2. The minimum Gasteiger partial charge on any atom is -0.394 e. The molecule has 37 heavy (non-hydrogen) atoms. The van der Waals surface area contributed by atoms with E-state index < -0.39 is 6.04 Å². The second-order valence-corrected chi connectivity index (χ2v) is 9.10. The lowest BCUT2D eigenvalue weighted by Crippen LogP contribution is -2.43. The fraction of sp³-hybridized carbons (Fsp3) is 0.286. The molecule has 0 fully saturated rings. The van der Waals surface area contributed by atoms with Gasteiger partial charge in [-0.05, 0) is 66.4 Å². The van der Waals surface area contributed by atoms with Crippen molar-refractivity contribution in [3.63, 3.8) is 0 Å². The number of hydrogen-bond acceptors (Lipinski definition) is 7. The van der Waals surface area contributed by atoms with Crippen molar-refractivity contribution in [3.8, 4) is 17.2 Å². The Labute approximate surface area is 215 Å². The van der Waals surface area contributed by atoms with Gasteiger partial charge in [0.05, 0.1) is 30.9 Å². The molecule has 0 saturated heterocycles. The van der Waals surface area contributed by atoms with Crippen LogP contribution in [0, 0.1) is 11.3 Å². The molecular formula is C28H29N5O4. The summed E-state index contributed by atoms with van der Waals surface area (Å²) >= 11 is 0. The van der Waals surface area contributed by atoms with Crippen LogP contribution in [0.1, 0.15) is 47.8 Å². The van der Waals surface area contributed by atoms with Crippen LogP contribution in [0.25, 0.3) is 11.1 Å². The molecule has 2 amide bonds. The maximum Gasteiger partial charge on any atom is 0.251 e. The monoisotopic (exact) mass is 499 g/mol. The van der Waals surface area contributed by atoms with Crippen molar-refractivity contribution in [3.05, 3.63) is 77.5 Å². The van der Waals surface area contributed by atoms with Crippen molar-refractivity contribution in [2.24, 2.45) is 0 Å². The third-order valence-electron chi connectivity index (χ3n) is 6.49. The van der Waals surface area contributed by atoms with Crippen LogP contribution in [0.15, 0.2) is 60.8 Å². The van der Waals surface area contributed by atoms with Crippen LogP contribution in [0.2, 0.25) is 0 Å². The maximum atomic E-state index is 12.5. The molecular weight excluding hydrogens is 470 g/mol. The number of amides is 2. The van der Waals surface area contributed by atoms with Gasteiger partial charge >= 0.3 is 0 Å². The lowest BCUT2D eigenvalue weighted by molar-refractivity contribution is -0.117. The highest BCUT2D eigenvalue weighted by Gasteiger charge is 2.32. The first-order valence-electron chi connectivity index (χ1n) is 12.0. The van der Waals surface area contributed by atoms with E-state index >= 15 is 0 Å². The van der Waals surface area contributed by atoms with Crippen molar-refractivity contribution in [2.75, 3.05) is 23.4 Å². The number of aliphatic hydroxyl groups excluding tert-OH is 2. The maximum absolute atomic E-state index is 12.5. The molecule has 0 spiro atoms. The summed E-state index contributed by atoms with van der Waals surface area (Å²) in [5.41, 5.74) is 4.49. The molecule has 190 valence electrons. The molecule has 4 rings (SSSR count). The Bertz CT molecular complexity index is 1310. The highest BCUT2D eigenvalue weighted by molar-refractivity contribution is 5.95. The van der Waals surface area contributed by atoms with Crippen molar-refractivity contribution in [1.29, 1.82) is 5.26 Å². The minimum absolute atomic E-state index is 0.0220. The molecule has 2 aromatic carbocycles. The molecule has 0 aliphatic carbocycles. The molecule has 0 bridgehead atoms. The quantitative estimate of drug-likeness (QED) is 0.392. The summed E-state index contributed by atoms with van der Waals surface area (Å²) in [6.45, 7) is 2.88. The van der Waals surface area contributed by atoms with E-state index in [1.807, 2.05) is 37.3 Å². The minimum atomic E-state index is -0.713. The first-order chi connectivity index (χ1) is 17.8. The highest BCUT2D eigenvalue weighted by Crippen LogP contribution is 2.41. The second-order valence-electron chi connectivity index (χ2n) is 9.10. The van der Waals surface area contributed by atoms with Crippen LogP contribution in [-0.4, -0.2) is 52.3 Å². The zero-order chi connectivity index (χ0) is 26.5. The molecule has 1 aliphatic rings. The Morgan fingerprint density at radius 3 is 2.41 bits per heavy atom. The Morgan fingerprint density at radius 2 is 1.81 bits per heavy atom. The molecule has 1 aromatic heterocycles. The molecule has 4 N–H and O–H groups in total. The third kappa shape index (κ3) is 5.61. The summed E-state index contributed by atoms with van der Waals surface area (Å²) in [5.74, 6) is 0.231. The van der Waals surface area contributed by atoms with Gasteiger partial charge in [0.1, 0.15) is 11.9 Å². The highest BCUT2D eigenvalue weighted by atomic mass is 16.3. The average molecular weight is 500 g/mol. The Balaban J connectivity index is 1.65. The molecule has 1 aliphatic heterocycles. The van der Waals surface area contributed by atoms with E-state index in [0.717, 1.165) is 22.4 Å². The summed E-state index contributed by atoms with van der Waals surface area (Å²) in [7, 11) is 0. The van der Waals surface area contributed by atoms with Gasteiger partial charge in [-0.1, -0.05) is 18.2 Å². The van der Waals surface area contributed by atoms with Gasteiger partial charge in [-0.3, -0.25) is 9.59 Å². The first-order valence-corrected chi connectivity index (χ1v) is 12.0. The number of carbonyl (C=O) groups is 2. The van der Waals surface area contributed by atoms with E-state index in [1.54, 1.807) is 36.1 Å². The van der Waals surface area contributed by atoms with Gasteiger partial charge in [0.2, 0.25) is 5.91 Å². The van der Waals surface area contributed by atoms with Crippen LogP contribution in [0.3, 0.4) is 0 Å². The van der Waals surface area contributed by atoms with E-state index in [0.29, 0.717) is 23.4 Å². The third-order valence-corrected chi connectivity index (χ3v) is 6.49. The fourth-order valence-corrected chi connectivity index (χ4v) is 4.62. The number of nitriles is 1. The number of nitrogens with zero attached hydrogens (tertiary/aromatic N) is 3. The normalized spacial score (nSPS) is 16.6. The Hall–Kier alpha value is -4.26. The molecule has 9 heteroatoms. The molecule has 0 radical (unpaired) electrons. The number of aliphatic hydroxyl groups is 2. The smallest absolute Gasteiger partial charge is 0.251 e. The number of aromatic nitrogens is 1. The van der Waals surface area contributed by atoms with Crippen molar-refractivity contribution in [2.45, 2.75) is 38.4 Å². The Kier molecular flexibility index (Phi) is 7.82. The molecule has 3 aromatic rings. The molecule has 0 unspecified atom stereocenters. The van der Waals surface area contributed by atoms with Crippen LogP contribution >= 0.6 is 0 Å². The molecule has 2 heterocycles. The van der Waals surface area contributed by atoms with Gasteiger partial charge in [0.25, 0.3) is 5.91 Å². The number of pyridine rings is 1. The molecule has 0 saturated carbocycles. The molecule has 2 atom stereocenters. The number of benzene rings is 2. The summed E-state index contributed by atoms with van der Waals surface area (Å²) < 4.78 is 0. The van der Waals surface area contributed by atoms with E-state index in [4.69, 9.17) is 5.26 Å². The Morgan fingerprint density at radius 1 is 1.11 bits per heavy atom. The summed E-state index contributed by atoms with van der Waals surface area (Å²) in [6, 6.07) is 17.7. The van der Waals surface area contributed by atoms with Crippen LogP contribution in [-0.2, 0) is 4.79 Å². The van der Waals surface area contributed by atoms with Crippen LogP contribution < -0.4 is 15.5 Å². The predicted molar refractivity (Wildman–Crippen MR) is 140 cm³/mol. The summed E-state index contributed by atoms with van der Waals surface area (Å²) in [5, 5.41) is 33.5. The van der Waals surface area contributed by atoms with Gasteiger partial charge in [-0.25, -0.2) is 4.98 Å². The number of anilines is 2. The van der Waals surface area contributed by atoms with Crippen molar-refractivity contribution < 1.29 is 19.8 Å². The number of hydrogen-bond donors (Lipinski definition) is 4. The lowest BCUT2D eigenvalue weighted by atomic mass is 9.89. The SMILES string of the molecule is CC(=O)N1c2ccc(-c3ccc(C(=O)NC(CO)CO)cc3)cc2[C@H](Nc2ccc(C#N)cn2)C[C@@H]1C. The van der Waals surface area contributed by atoms with Gasteiger partial charge in [0.15, 0.2) is 0 Å². The van der Waals surface area contributed by atoms with E-state index in [9.17, 15) is 19.8 Å². The van der Waals surface area contributed by atoms with Crippen molar-refractivity contribution in [1.82, 2.24) is 10.3 Å². The summed E-state index contributed by atoms with van der Waals surface area (Å²) in [6.07, 6.45) is 2.20. The number of nitrogens with one attached hydrogen (secondary N) is 2. The average Bonchev–Trinajstić information content (AvgIpc) is 2.91. The van der Waals surface area contributed by atoms with Gasteiger partial charge in [-0.15, -0.1) is 0 Å². The molecule has 9 nitrogen and oxygen atoms in total. The first kappa shape index (κ1) is 25.8. The topological polar surface area (TPSA) is 139 Å². The fourth-order valence-electron chi connectivity index (χ4n) is 4.62. The number of carbonyl (C=O) groups excluding carboxylic acids is 2. The van der Waals surface area contributed by atoms with E-state index in [1.165, 1.54) is 6.20 Å². The van der Waals surface area contributed by atoms with Gasteiger partial charge < -0.3 is 25.7 Å². The zero-order valence-electron chi connectivity index (χ0n) is 20.7. The largest absolute Gasteiger partial charge is 0.394 e.